The summed E-state index contributed by atoms with van der Waals surface area (Å²) >= 11 is 0. The van der Waals surface area contributed by atoms with Gasteiger partial charge in [-0.05, 0) is 19.1 Å². The molecule has 2 rings (SSSR count). The molecule has 0 spiro atoms. The predicted octanol–water partition coefficient (Wildman–Crippen LogP) is 0.841. The van der Waals surface area contributed by atoms with Crippen LogP contribution in [-0.4, -0.2) is 31.1 Å². The summed E-state index contributed by atoms with van der Waals surface area (Å²) in [6.45, 7) is 2.28. The molecule has 7 nitrogen and oxygen atoms in total. The Bertz CT molecular complexity index is 698. The first-order valence-corrected chi connectivity index (χ1v) is 7.82. The highest BCUT2D eigenvalue weighted by atomic mass is 32.2. The molecule has 0 saturated heterocycles. The standard InChI is InChI=1S/C13H18N4O3S/c1-10(8-17-6-5-15-9-17)16-21(18,19)11-3-4-12(14)13(7-11)20-2/h3-7,9-10,16H,8,14H2,1-2H3. The summed E-state index contributed by atoms with van der Waals surface area (Å²) in [5.74, 6) is 0.333. The number of hydrogen-bond donors (Lipinski definition) is 2. The van der Waals surface area contributed by atoms with Crippen LogP contribution in [0.3, 0.4) is 0 Å². The van der Waals surface area contributed by atoms with Crippen LogP contribution in [-0.2, 0) is 16.6 Å². The van der Waals surface area contributed by atoms with Gasteiger partial charge in [-0.15, -0.1) is 0 Å². The van der Waals surface area contributed by atoms with Gasteiger partial charge in [0.25, 0.3) is 0 Å². The fourth-order valence-corrected chi connectivity index (χ4v) is 3.19. The molecule has 114 valence electrons. The van der Waals surface area contributed by atoms with Crippen LogP contribution in [0.4, 0.5) is 5.69 Å². The molecular formula is C13H18N4O3S. The maximum absolute atomic E-state index is 12.3. The SMILES string of the molecule is COc1cc(S(=O)(=O)NC(C)Cn2ccnc2)ccc1N. The number of benzene rings is 1. The van der Waals surface area contributed by atoms with Crippen LogP contribution in [0.1, 0.15) is 6.92 Å². The summed E-state index contributed by atoms with van der Waals surface area (Å²) < 4.78 is 34.1. The van der Waals surface area contributed by atoms with E-state index in [4.69, 9.17) is 10.5 Å². The Kier molecular flexibility index (Phi) is 4.49. The zero-order chi connectivity index (χ0) is 15.5. The molecule has 1 unspecified atom stereocenters. The van der Waals surface area contributed by atoms with Gasteiger partial charge in [-0.1, -0.05) is 0 Å². The van der Waals surface area contributed by atoms with Crippen molar-refractivity contribution in [2.75, 3.05) is 12.8 Å². The molecule has 1 aromatic carbocycles. The molecule has 0 aliphatic rings. The van der Waals surface area contributed by atoms with Crippen molar-refractivity contribution >= 4 is 15.7 Å². The number of anilines is 1. The second-order valence-electron chi connectivity index (χ2n) is 4.69. The Morgan fingerprint density at radius 3 is 2.86 bits per heavy atom. The van der Waals surface area contributed by atoms with Crippen LogP contribution in [0.15, 0.2) is 41.8 Å². The van der Waals surface area contributed by atoms with E-state index in [0.717, 1.165) is 0 Å². The Balaban J connectivity index is 2.14. The minimum absolute atomic E-state index is 0.117. The molecule has 0 aliphatic heterocycles. The number of ether oxygens (including phenoxy) is 1. The molecular weight excluding hydrogens is 292 g/mol. The molecule has 8 heteroatoms. The van der Waals surface area contributed by atoms with Crippen molar-refractivity contribution in [3.8, 4) is 5.75 Å². The van der Waals surface area contributed by atoms with Gasteiger partial charge in [0.15, 0.2) is 0 Å². The summed E-state index contributed by atoms with van der Waals surface area (Å²) in [7, 11) is -2.19. The van der Waals surface area contributed by atoms with E-state index in [-0.39, 0.29) is 10.9 Å². The number of sulfonamides is 1. The average molecular weight is 310 g/mol. The number of nitrogens with two attached hydrogens (primary N) is 1. The Hall–Kier alpha value is -2.06. The number of aromatic nitrogens is 2. The van der Waals surface area contributed by atoms with Crippen molar-refractivity contribution in [1.29, 1.82) is 0 Å². The van der Waals surface area contributed by atoms with E-state index in [2.05, 4.69) is 9.71 Å². The number of imidazole rings is 1. The van der Waals surface area contributed by atoms with E-state index in [1.165, 1.54) is 25.3 Å². The molecule has 0 amide bonds. The van der Waals surface area contributed by atoms with Gasteiger partial charge in [0.05, 0.1) is 24.0 Å². The molecule has 1 atom stereocenters. The van der Waals surface area contributed by atoms with Gasteiger partial charge in [0.2, 0.25) is 10.0 Å². The normalized spacial score (nSPS) is 13.0. The van der Waals surface area contributed by atoms with Crippen molar-refractivity contribution in [1.82, 2.24) is 14.3 Å². The molecule has 0 aliphatic carbocycles. The van der Waals surface area contributed by atoms with E-state index < -0.39 is 10.0 Å². The van der Waals surface area contributed by atoms with E-state index >= 15 is 0 Å². The monoisotopic (exact) mass is 310 g/mol. The highest BCUT2D eigenvalue weighted by Crippen LogP contribution is 2.24. The van der Waals surface area contributed by atoms with E-state index in [9.17, 15) is 8.42 Å². The predicted molar refractivity (Wildman–Crippen MR) is 79.4 cm³/mol. The van der Waals surface area contributed by atoms with E-state index in [1.807, 2.05) is 0 Å². The first kappa shape index (κ1) is 15.3. The van der Waals surface area contributed by atoms with Crippen LogP contribution in [0.5, 0.6) is 5.75 Å². The zero-order valence-electron chi connectivity index (χ0n) is 11.9. The van der Waals surface area contributed by atoms with Crippen LogP contribution in [0, 0.1) is 0 Å². The zero-order valence-corrected chi connectivity index (χ0v) is 12.7. The first-order valence-electron chi connectivity index (χ1n) is 6.34. The average Bonchev–Trinajstić information content (AvgIpc) is 2.91. The topological polar surface area (TPSA) is 99.2 Å². The van der Waals surface area contributed by atoms with Crippen molar-refractivity contribution in [2.45, 2.75) is 24.4 Å². The fraction of sp³-hybridized carbons (Fsp3) is 0.308. The lowest BCUT2D eigenvalue weighted by molar-refractivity contribution is 0.415. The maximum atomic E-state index is 12.3. The Labute approximate surface area is 123 Å². The summed E-state index contributed by atoms with van der Waals surface area (Å²) in [5, 5.41) is 0. The van der Waals surface area contributed by atoms with Crippen molar-refractivity contribution in [3.63, 3.8) is 0 Å². The van der Waals surface area contributed by atoms with Gasteiger partial charge in [-0.2, -0.15) is 0 Å². The van der Waals surface area contributed by atoms with Gasteiger partial charge < -0.3 is 15.0 Å². The van der Waals surface area contributed by atoms with E-state index in [0.29, 0.717) is 18.0 Å². The number of nitrogens with zero attached hydrogens (tertiary/aromatic N) is 2. The van der Waals surface area contributed by atoms with E-state index in [1.54, 1.807) is 30.2 Å². The molecule has 0 bridgehead atoms. The molecule has 21 heavy (non-hydrogen) atoms. The third-order valence-corrected chi connectivity index (χ3v) is 4.50. The molecule has 0 radical (unpaired) electrons. The minimum Gasteiger partial charge on any atom is -0.495 e. The number of methoxy groups -OCH3 is 1. The number of nitrogen functional groups attached to an aromatic ring is 1. The second kappa shape index (κ2) is 6.15. The number of hydrogen-bond acceptors (Lipinski definition) is 5. The van der Waals surface area contributed by atoms with Crippen LogP contribution in [0.2, 0.25) is 0 Å². The lowest BCUT2D eigenvalue weighted by atomic mass is 10.3. The molecule has 0 fully saturated rings. The Morgan fingerprint density at radius 1 is 1.48 bits per heavy atom. The van der Waals surface area contributed by atoms with Gasteiger partial charge >= 0.3 is 0 Å². The Morgan fingerprint density at radius 2 is 2.24 bits per heavy atom. The van der Waals surface area contributed by atoms with Crippen molar-refractivity contribution in [3.05, 3.63) is 36.9 Å². The highest BCUT2D eigenvalue weighted by molar-refractivity contribution is 7.89. The third kappa shape index (κ3) is 3.73. The quantitative estimate of drug-likeness (QED) is 0.770. The van der Waals surface area contributed by atoms with Crippen LogP contribution in [0.25, 0.3) is 0 Å². The van der Waals surface area contributed by atoms with Crippen LogP contribution < -0.4 is 15.2 Å². The fourth-order valence-electron chi connectivity index (χ4n) is 1.94. The van der Waals surface area contributed by atoms with Gasteiger partial charge in [-0.3, -0.25) is 0 Å². The first-order chi connectivity index (χ1) is 9.92. The summed E-state index contributed by atoms with van der Waals surface area (Å²) in [5.41, 5.74) is 6.08. The van der Waals surface area contributed by atoms with Crippen molar-refractivity contribution in [2.24, 2.45) is 0 Å². The lowest BCUT2D eigenvalue weighted by Gasteiger charge is -2.15. The largest absolute Gasteiger partial charge is 0.495 e. The smallest absolute Gasteiger partial charge is 0.241 e. The third-order valence-electron chi connectivity index (χ3n) is 2.92. The number of rotatable bonds is 6. The molecule has 0 saturated carbocycles. The maximum Gasteiger partial charge on any atom is 0.241 e. The summed E-state index contributed by atoms with van der Waals surface area (Å²) in [4.78, 5) is 4.03. The molecule has 3 N–H and O–H groups in total. The van der Waals surface area contributed by atoms with Crippen molar-refractivity contribution < 1.29 is 13.2 Å². The minimum atomic E-state index is -3.63. The molecule has 1 aromatic heterocycles. The lowest BCUT2D eigenvalue weighted by Crippen LogP contribution is -2.35. The van der Waals surface area contributed by atoms with Gasteiger partial charge in [-0.25, -0.2) is 18.1 Å². The molecule has 2 aromatic rings. The summed E-state index contributed by atoms with van der Waals surface area (Å²) in [6, 6.07) is 4.08. The molecule has 1 heterocycles. The van der Waals surface area contributed by atoms with Crippen LogP contribution >= 0.6 is 0 Å². The van der Waals surface area contributed by atoms with Gasteiger partial charge in [0, 0.05) is 31.0 Å². The number of nitrogens with one attached hydrogen (secondary N) is 1. The highest BCUT2D eigenvalue weighted by Gasteiger charge is 2.19. The second-order valence-corrected chi connectivity index (χ2v) is 6.40. The van der Waals surface area contributed by atoms with Gasteiger partial charge in [0.1, 0.15) is 5.75 Å². The summed E-state index contributed by atoms with van der Waals surface area (Å²) in [6.07, 6.45) is 5.06.